The molecule has 1 unspecified atom stereocenters. The molecule has 3 fully saturated rings. The van der Waals surface area contributed by atoms with Gasteiger partial charge in [-0.1, -0.05) is 62.4 Å². The molecule has 3 aromatic rings. The highest BCUT2D eigenvalue weighted by Gasteiger charge is 2.44. The molecule has 3 aliphatic rings. The van der Waals surface area contributed by atoms with Crippen molar-refractivity contribution < 1.29 is 9.53 Å². The van der Waals surface area contributed by atoms with Crippen LogP contribution in [0.1, 0.15) is 62.3 Å². The lowest BCUT2D eigenvalue weighted by atomic mass is 9.73. The van der Waals surface area contributed by atoms with Gasteiger partial charge < -0.3 is 4.74 Å². The molecular formula is C32H38N2O2. The molecule has 0 saturated carbocycles. The number of hydrogen-bond acceptors (Lipinski definition) is 4. The van der Waals surface area contributed by atoms with Crippen molar-refractivity contribution in [2.24, 2.45) is 17.8 Å². The van der Waals surface area contributed by atoms with Crippen molar-refractivity contribution in [1.82, 2.24) is 9.88 Å². The Morgan fingerprint density at radius 2 is 1.92 bits per heavy atom. The van der Waals surface area contributed by atoms with E-state index in [0.717, 1.165) is 48.0 Å². The van der Waals surface area contributed by atoms with E-state index in [0.29, 0.717) is 17.8 Å². The molecule has 0 spiro atoms. The van der Waals surface area contributed by atoms with Crippen LogP contribution in [0.2, 0.25) is 0 Å². The van der Waals surface area contributed by atoms with Crippen LogP contribution in [0, 0.1) is 17.8 Å². The maximum absolute atomic E-state index is 13.6. The number of piperidine rings is 3. The molecule has 188 valence electrons. The summed E-state index contributed by atoms with van der Waals surface area (Å²) in [5.41, 5.74) is 4.30. The standard InChI is InChI=1S/C32H38N2O2/c1-5-24-20-34-17-15-26(24)19-30(34)31(28-14-16-33-29-9-7-6-8-27(28)29)36-32(35)22(4)25-12-10-23(11-13-25)18-21(2)3/h5-14,16,21-22,24,26,30-31H,1,15,17-20H2,2-4H3/t22-,24-,26-,30-,31-/m0/s1. The highest BCUT2D eigenvalue weighted by Crippen LogP contribution is 2.43. The van der Waals surface area contributed by atoms with E-state index in [4.69, 9.17) is 4.74 Å². The third-order valence-electron chi connectivity index (χ3n) is 8.21. The molecule has 4 heteroatoms. The number of fused-ring (bicyclic) bond motifs is 4. The van der Waals surface area contributed by atoms with Crippen LogP contribution in [0.15, 0.2) is 73.4 Å². The summed E-state index contributed by atoms with van der Waals surface area (Å²) in [5.74, 6) is 1.23. The smallest absolute Gasteiger partial charge is 0.313 e. The predicted octanol–water partition coefficient (Wildman–Crippen LogP) is 6.72. The normalized spacial score (nSPS) is 25.0. The molecule has 0 radical (unpaired) electrons. The van der Waals surface area contributed by atoms with E-state index in [2.05, 4.69) is 66.7 Å². The lowest BCUT2D eigenvalue weighted by molar-refractivity contribution is -0.158. The van der Waals surface area contributed by atoms with E-state index in [9.17, 15) is 4.79 Å². The fourth-order valence-corrected chi connectivity index (χ4v) is 6.18. The van der Waals surface area contributed by atoms with Gasteiger partial charge in [-0.25, -0.2) is 0 Å². The Kier molecular flexibility index (Phi) is 7.25. The Balaban J connectivity index is 1.44. The summed E-state index contributed by atoms with van der Waals surface area (Å²) in [6.07, 6.45) is 6.87. The molecule has 0 N–H and O–H groups in total. The summed E-state index contributed by atoms with van der Waals surface area (Å²) >= 11 is 0. The second-order valence-corrected chi connectivity index (χ2v) is 11.1. The van der Waals surface area contributed by atoms with Gasteiger partial charge in [-0.3, -0.25) is 14.7 Å². The Morgan fingerprint density at radius 3 is 2.61 bits per heavy atom. The summed E-state index contributed by atoms with van der Waals surface area (Å²) in [5, 5.41) is 1.06. The number of aromatic nitrogens is 1. The van der Waals surface area contributed by atoms with E-state index < -0.39 is 0 Å². The van der Waals surface area contributed by atoms with Crippen LogP contribution in [-0.2, 0) is 16.0 Å². The van der Waals surface area contributed by atoms with Crippen LogP contribution in [-0.4, -0.2) is 35.0 Å². The third-order valence-corrected chi connectivity index (χ3v) is 8.21. The molecule has 6 atom stereocenters. The molecular weight excluding hydrogens is 444 g/mol. The summed E-state index contributed by atoms with van der Waals surface area (Å²) in [4.78, 5) is 20.7. The number of ether oxygens (including phenoxy) is 1. The molecule has 3 aliphatic heterocycles. The van der Waals surface area contributed by atoms with Crippen molar-refractivity contribution in [2.75, 3.05) is 13.1 Å². The van der Waals surface area contributed by atoms with Gasteiger partial charge >= 0.3 is 5.97 Å². The number of rotatable bonds is 8. The number of para-hydroxylation sites is 1. The van der Waals surface area contributed by atoms with E-state index in [1.54, 1.807) is 0 Å². The fourth-order valence-electron chi connectivity index (χ4n) is 6.18. The maximum Gasteiger partial charge on any atom is 0.313 e. The van der Waals surface area contributed by atoms with Gasteiger partial charge in [0.25, 0.3) is 0 Å². The van der Waals surface area contributed by atoms with Crippen molar-refractivity contribution in [3.63, 3.8) is 0 Å². The van der Waals surface area contributed by atoms with Crippen molar-refractivity contribution >= 4 is 16.9 Å². The highest BCUT2D eigenvalue weighted by atomic mass is 16.5. The molecule has 2 bridgehead atoms. The maximum atomic E-state index is 13.6. The van der Waals surface area contributed by atoms with Gasteiger partial charge in [0.05, 0.1) is 17.5 Å². The average molecular weight is 483 g/mol. The van der Waals surface area contributed by atoms with Gasteiger partial charge in [0.2, 0.25) is 0 Å². The number of nitrogens with zero attached hydrogens (tertiary/aromatic N) is 2. The SMILES string of the molecule is C=C[C@H]1CN2CC[C@H]1C[C@H]2[C@@H](OC(=O)[C@@H](C)c1ccc(CC(C)C)cc1)c1ccnc2ccccc12. The number of pyridine rings is 1. The van der Waals surface area contributed by atoms with Crippen LogP contribution >= 0.6 is 0 Å². The van der Waals surface area contributed by atoms with Gasteiger partial charge in [-0.2, -0.15) is 0 Å². The van der Waals surface area contributed by atoms with Crippen molar-refractivity contribution in [3.8, 4) is 0 Å². The lowest BCUT2D eigenvalue weighted by Crippen LogP contribution is -2.55. The molecule has 2 aromatic carbocycles. The van der Waals surface area contributed by atoms with Gasteiger partial charge in [0.15, 0.2) is 0 Å². The Bertz CT molecular complexity index is 1210. The molecule has 4 heterocycles. The topological polar surface area (TPSA) is 42.4 Å². The minimum absolute atomic E-state index is 0.162. The minimum atomic E-state index is -0.332. The largest absolute Gasteiger partial charge is 0.455 e. The number of benzene rings is 2. The van der Waals surface area contributed by atoms with E-state index >= 15 is 0 Å². The first kappa shape index (κ1) is 24.7. The monoisotopic (exact) mass is 482 g/mol. The fraction of sp³-hybridized carbons (Fsp3) is 0.438. The average Bonchev–Trinajstić information content (AvgIpc) is 2.91. The first-order valence-corrected chi connectivity index (χ1v) is 13.4. The molecule has 1 aromatic heterocycles. The second kappa shape index (κ2) is 10.6. The first-order chi connectivity index (χ1) is 17.4. The van der Waals surface area contributed by atoms with Gasteiger partial charge in [-0.05, 0) is 73.7 Å². The molecule has 6 rings (SSSR count). The summed E-state index contributed by atoms with van der Waals surface area (Å²) in [6, 6.07) is 18.8. The summed E-state index contributed by atoms with van der Waals surface area (Å²) < 4.78 is 6.48. The molecule has 3 saturated heterocycles. The second-order valence-electron chi connectivity index (χ2n) is 11.1. The van der Waals surface area contributed by atoms with Gasteiger partial charge in [-0.15, -0.1) is 6.58 Å². The van der Waals surface area contributed by atoms with E-state index in [1.807, 2.05) is 37.4 Å². The Hall–Kier alpha value is -2.98. The highest BCUT2D eigenvalue weighted by molar-refractivity contribution is 5.83. The van der Waals surface area contributed by atoms with Crippen molar-refractivity contribution in [2.45, 2.75) is 58.1 Å². The number of hydrogen-bond donors (Lipinski definition) is 0. The zero-order valence-corrected chi connectivity index (χ0v) is 21.8. The van der Waals surface area contributed by atoms with Crippen molar-refractivity contribution in [3.05, 3.63) is 90.1 Å². The predicted molar refractivity (Wildman–Crippen MR) is 146 cm³/mol. The Labute approximate surface area is 215 Å². The van der Waals surface area contributed by atoms with E-state index in [-0.39, 0.29) is 24.0 Å². The summed E-state index contributed by atoms with van der Waals surface area (Å²) in [7, 11) is 0. The zero-order chi connectivity index (χ0) is 25.2. The van der Waals surface area contributed by atoms with Crippen LogP contribution in [0.4, 0.5) is 0 Å². The number of carbonyl (C=O) groups excluding carboxylic acids is 1. The molecule has 0 amide bonds. The Morgan fingerprint density at radius 1 is 1.14 bits per heavy atom. The number of carbonyl (C=O) groups is 1. The van der Waals surface area contributed by atoms with Gasteiger partial charge in [0.1, 0.15) is 6.10 Å². The third kappa shape index (κ3) is 4.97. The van der Waals surface area contributed by atoms with Crippen LogP contribution in [0.25, 0.3) is 10.9 Å². The zero-order valence-electron chi connectivity index (χ0n) is 21.8. The molecule has 36 heavy (non-hydrogen) atoms. The van der Waals surface area contributed by atoms with Crippen molar-refractivity contribution in [1.29, 1.82) is 0 Å². The van der Waals surface area contributed by atoms with Crippen LogP contribution < -0.4 is 0 Å². The lowest BCUT2D eigenvalue weighted by Gasteiger charge is -2.51. The minimum Gasteiger partial charge on any atom is -0.455 e. The number of esters is 1. The summed E-state index contributed by atoms with van der Waals surface area (Å²) in [6.45, 7) is 12.5. The molecule has 4 nitrogen and oxygen atoms in total. The van der Waals surface area contributed by atoms with Gasteiger partial charge in [0, 0.05) is 23.7 Å². The quantitative estimate of drug-likeness (QED) is 0.264. The van der Waals surface area contributed by atoms with Crippen LogP contribution in [0.3, 0.4) is 0 Å². The first-order valence-electron chi connectivity index (χ1n) is 13.4. The molecule has 0 aliphatic carbocycles. The van der Waals surface area contributed by atoms with E-state index in [1.165, 1.54) is 12.0 Å². The van der Waals surface area contributed by atoms with Crippen LogP contribution in [0.5, 0.6) is 0 Å².